The molecule has 2 aliphatic heterocycles. The number of aliphatic carboxylic acids is 2. The minimum Gasteiger partial charge on any atom is -1.00 e. The summed E-state index contributed by atoms with van der Waals surface area (Å²) in [5.41, 5.74) is 4.89. The number of halogens is 3. The zero-order chi connectivity index (χ0) is 48.7. The van der Waals surface area contributed by atoms with Crippen molar-refractivity contribution < 1.29 is 91.5 Å². The molecule has 2 aliphatic rings. The highest BCUT2D eigenvalue weighted by molar-refractivity contribution is 6.31. The van der Waals surface area contributed by atoms with Crippen molar-refractivity contribution in [3.63, 3.8) is 0 Å². The number of fused-ring (bicyclic) bond motifs is 2. The second-order valence-electron chi connectivity index (χ2n) is 18.4. The molecule has 2 heterocycles. The van der Waals surface area contributed by atoms with E-state index in [0.29, 0.717) is 93.7 Å². The molecule has 0 fully saturated rings. The fraction of sp³-hybridized carbons (Fsp3) is 0.500. The highest BCUT2D eigenvalue weighted by Gasteiger charge is 2.50. The van der Waals surface area contributed by atoms with E-state index in [1.807, 2.05) is 36.4 Å². The van der Waals surface area contributed by atoms with Crippen LogP contribution >= 0.6 is 11.6 Å². The standard InChI is InChI=1S/C52H67ClN2O12.2ClH/c1-54(23-17-35-29-45(64-7)47(66-9)31-37(35)39(54)25-33-13-15-41(60-3)43(27-33)62-5)21-11-19-52(51(58)59,49(53)50(56)57)20-12-22-55(2)24-18-36-30-46(65-8)48(67-10)32-38(36)40(55)26-34-14-16-42(61-4)44(28-34)63-6;;/h13-16,27-32,39-40,49H,11-12,17-26H2,1-10H3;2*1H/t39-,40-,49?,54-,55-;;/m1../s1. The molecule has 17 heteroatoms. The molecule has 14 nitrogen and oxygen atoms in total. The highest BCUT2D eigenvalue weighted by atomic mass is 35.5. The van der Waals surface area contributed by atoms with Crippen molar-refractivity contribution >= 4 is 23.5 Å². The number of likely N-dealkylation sites (N-methyl/N-ethyl adjacent to an activating group) is 2. The monoisotopic (exact) mass is 1020 g/mol. The van der Waals surface area contributed by atoms with Crippen molar-refractivity contribution in [1.29, 1.82) is 0 Å². The van der Waals surface area contributed by atoms with Gasteiger partial charge in [-0.15, -0.1) is 11.6 Å². The Morgan fingerprint density at radius 3 is 1.22 bits per heavy atom. The van der Waals surface area contributed by atoms with Crippen LogP contribution < -0.4 is 62.7 Å². The summed E-state index contributed by atoms with van der Waals surface area (Å²) in [6.07, 6.45) is 3.80. The number of alkyl halides is 1. The van der Waals surface area contributed by atoms with Crippen LogP contribution in [-0.4, -0.2) is 134 Å². The third kappa shape index (κ3) is 11.8. The Kier molecular flexibility index (Phi) is 19.9. The van der Waals surface area contributed by atoms with Crippen LogP contribution in [0, 0.1) is 5.41 Å². The summed E-state index contributed by atoms with van der Waals surface area (Å²) in [5.74, 6) is 2.55. The first-order chi connectivity index (χ1) is 32.1. The molecule has 0 amide bonds. The van der Waals surface area contributed by atoms with Crippen LogP contribution in [0.3, 0.4) is 0 Å². The second-order valence-corrected chi connectivity index (χ2v) is 18.8. The lowest BCUT2D eigenvalue weighted by Crippen LogP contribution is -3.00. The smallest absolute Gasteiger partial charge is 0.322 e. The van der Waals surface area contributed by atoms with Gasteiger partial charge in [0.1, 0.15) is 17.5 Å². The van der Waals surface area contributed by atoms with Crippen LogP contribution in [0.15, 0.2) is 60.7 Å². The number of ether oxygens (including phenoxy) is 8. The van der Waals surface area contributed by atoms with Crippen LogP contribution in [0.4, 0.5) is 0 Å². The highest BCUT2D eigenvalue weighted by Crippen LogP contribution is 2.47. The van der Waals surface area contributed by atoms with Gasteiger partial charge in [0.05, 0.1) is 103 Å². The minimum absolute atomic E-state index is 0. The number of hydrogen-bond donors (Lipinski definition) is 2. The molecule has 0 spiro atoms. The third-order valence-corrected chi connectivity index (χ3v) is 15.4. The molecule has 380 valence electrons. The molecule has 6 rings (SSSR count). The summed E-state index contributed by atoms with van der Waals surface area (Å²) >= 11 is 6.80. The van der Waals surface area contributed by atoms with E-state index in [1.54, 1.807) is 56.9 Å². The Hall–Kier alpha value is -4.99. The number of hydrogen-bond acceptors (Lipinski definition) is 10. The van der Waals surface area contributed by atoms with Crippen LogP contribution in [0.5, 0.6) is 46.0 Å². The lowest BCUT2D eigenvalue weighted by Gasteiger charge is -2.47. The van der Waals surface area contributed by atoms with Crippen molar-refractivity contribution in [1.82, 2.24) is 0 Å². The molecular formula is C52H69Cl3N2O12. The average molecular weight is 1020 g/mol. The molecule has 0 saturated carbocycles. The first kappa shape index (κ1) is 56.6. The molecule has 2 N–H and O–H groups in total. The Labute approximate surface area is 424 Å². The van der Waals surface area contributed by atoms with E-state index in [1.165, 1.54) is 0 Å². The molecular weight excluding hydrogens is 951 g/mol. The number of carboxylic acids is 2. The van der Waals surface area contributed by atoms with Gasteiger partial charge in [0.2, 0.25) is 0 Å². The predicted molar refractivity (Wildman–Crippen MR) is 256 cm³/mol. The fourth-order valence-corrected chi connectivity index (χ4v) is 11.1. The van der Waals surface area contributed by atoms with Gasteiger partial charge in [0.15, 0.2) is 46.0 Å². The Bertz CT molecular complexity index is 2260. The zero-order valence-corrected chi connectivity index (χ0v) is 43.8. The van der Waals surface area contributed by atoms with E-state index in [9.17, 15) is 19.8 Å². The predicted octanol–water partition coefficient (Wildman–Crippen LogP) is 2.36. The maximum atomic E-state index is 13.7. The van der Waals surface area contributed by atoms with Gasteiger partial charge in [-0.25, -0.2) is 0 Å². The SMILES string of the molecule is COc1ccc(C[C@@H]2c3cc(OC)c(OC)cc3CC[N@@+]2(C)CCCC(CCC[N@+]2(C)CCc3cc(OC)c(OC)cc3[C@H]2Cc2ccc(OC)c(OC)c2)(C(=O)O)C(Cl)C(=O)O)cc1OC.[Cl-].[Cl-]. The molecule has 4 aromatic carbocycles. The van der Waals surface area contributed by atoms with Gasteiger partial charge in [-0.3, -0.25) is 9.59 Å². The van der Waals surface area contributed by atoms with Crippen LogP contribution in [0.25, 0.3) is 0 Å². The summed E-state index contributed by atoms with van der Waals surface area (Å²) in [4.78, 5) is 26.5. The summed E-state index contributed by atoms with van der Waals surface area (Å²) in [5, 5.41) is 19.9. The van der Waals surface area contributed by atoms with E-state index in [-0.39, 0.29) is 49.7 Å². The second kappa shape index (κ2) is 24.2. The Morgan fingerprint density at radius 2 is 0.899 bits per heavy atom. The van der Waals surface area contributed by atoms with Gasteiger partial charge in [-0.2, -0.15) is 0 Å². The first-order valence-electron chi connectivity index (χ1n) is 22.8. The van der Waals surface area contributed by atoms with Gasteiger partial charge in [-0.1, -0.05) is 12.1 Å². The van der Waals surface area contributed by atoms with E-state index < -0.39 is 22.7 Å². The molecule has 0 bridgehead atoms. The van der Waals surface area contributed by atoms with Gasteiger partial charge >= 0.3 is 11.9 Å². The Morgan fingerprint density at radius 1 is 0.565 bits per heavy atom. The van der Waals surface area contributed by atoms with Crippen LogP contribution in [0.1, 0.15) is 71.1 Å². The third-order valence-electron chi connectivity index (χ3n) is 14.8. The average Bonchev–Trinajstić information content (AvgIpc) is 3.33. The number of carbonyl (C=O) groups is 2. The number of rotatable bonds is 23. The summed E-state index contributed by atoms with van der Waals surface area (Å²) in [6, 6.07) is 20.0. The summed E-state index contributed by atoms with van der Waals surface area (Å²) in [6.45, 7) is 2.68. The van der Waals surface area contributed by atoms with Crippen molar-refractivity contribution in [2.45, 2.75) is 68.8 Å². The lowest BCUT2D eigenvalue weighted by atomic mass is 9.75. The van der Waals surface area contributed by atoms with Gasteiger partial charge in [0.25, 0.3) is 0 Å². The van der Waals surface area contributed by atoms with Gasteiger partial charge in [-0.05, 0) is 96.5 Å². The minimum atomic E-state index is -1.74. The number of quaternary nitrogens is 2. The van der Waals surface area contributed by atoms with Crippen molar-refractivity contribution in [2.24, 2.45) is 5.41 Å². The largest absolute Gasteiger partial charge is 1.00 e. The number of carboxylic acid groups (broad SMARTS) is 2. The molecule has 0 radical (unpaired) electrons. The summed E-state index contributed by atoms with van der Waals surface area (Å²) < 4.78 is 46.6. The molecule has 0 aliphatic carbocycles. The van der Waals surface area contributed by atoms with Crippen LogP contribution in [0.2, 0.25) is 0 Å². The maximum absolute atomic E-state index is 13.7. The molecule has 69 heavy (non-hydrogen) atoms. The quantitative estimate of drug-likeness (QED) is 0.0831. The lowest BCUT2D eigenvalue weighted by molar-refractivity contribution is -0.941. The first-order valence-corrected chi connectivity index (χ1v) is 23.2. The van der Waals surface area contributed by atoms with E-state index in [4.69, 9.17) is 49.5 Å². The normalized spacial score (nSPS) is 19.8. The fourth-order valence-electron chi connectivity index (χ4n) is 10.8. The molecule has 5 atom stereocenters. The molecule has 4 aromatic rings. The van der Waals surface area contributed by atoms with Crippen molar-refractivity contribution in [2.75, 3.05) is 97.2 Å². The number of benzene rings is 4. The van der Waals surface area contributed by atoms with Gasteiger partial charge < -0.3 is 81.9 Å². The van der Waals surface area contributed by atoms with E-state index in [2.05, 4.69) is 38.4 Å². The topological polar surface area (TPSA) is 148 Å². The molecule has 1 unspecified atom stereocenters. The molecule has 0 saturated heterocycles. The maximum Gasteiger partial charge on any atom is 0.322 e. The van der Waals surface area contributed by atoms with Crippen molar-refractivity contribution in [3.05, 3.63) is 94.0 Å². The van der Waals surface area contributed by atoms with Crippen LogP contribution in [-0.2, 0) is 35.3 Å². The summed E-state index contributed by atoms with van der Waals surface area (Å²) in [7, 11) is 17.4. The van der Waals surface area contributed by atoms with Crippen molar-refractivity contribution in [3.8, 4) is 46.0 Å². The van der Waals surface area contributed by atoms with E-state index >= 15 is 0 Å². The van der Waals surface area contributed by atoms with E-state index in [0.717, 1.165) is 59.3 Å². The van der Waals surface area contributed by atoms with Gasteiger partial charge in [0, 0.05) is 36.8 Å². The zero-order valence-electron chi connectivity index (χ0n) is 41.5. The number of methoxy groups -OCH3 is 8. The Balaban J connectivity index is 0.00000518. The molecule has 0 aromatic heterocycles. The number of nitrogens with zero attached hydrogens (tertiary/aromatic N) is 2.